The number of aryl methyl sites for hydroxylation is 1. The minimum absolute atomic E-state index is 0.0731. The molecule has 1 N–H and O–H groups in total. The Hall–Kier alpha value is -3.10. The number of nitrogens with zero attached hydrogens (tertiary/aromatic N) is 3. The third-order valence-corrected chi connectivity index (χ3v) is 5.27. The summed E-state index contributed by atoms with van der Waals surface area (Å²) >= 11 is 11.8. The summed E-state index contributed by atoms with van der Waals surface area (Å²) in [6.45, 7) is 1.87. The monoisotopic (exact) mass is 464 g/mol. The zero-order chi connectivity index (χ0) is 22.3. The number of nitrogens with one attached hydrogen (secondary N) is 1. The maximum atomic E-state index is 13.7. The fourth-order valence-corrected chi connectivity index (χ4v) is 3.27. The molecule has 0 saturated carbocycles. The molecule has 0 aliphatic rings. The Morgan fingerprint density at radius 3 is 2.39 bits per heavy atom. The van der Waals surface area contributed by atoms with Gasteiger partial charge in [0.05, 0.1) is 21.9 Å². The Morgan fingerprint density at radius 2 is 1.74 bits per heavy atom. The molecule has 0 fully saturated rings. The zero-order valence-electron chi connectivity index (χ0n) is 15.8. The van der Waals surface area contributed by atoms with Gasteiger partial charge in [-0.1, -0.05) is 53.0 Å². The second-order valence-corrected chi connectivity index (χ2v) is 7.58. The molecule has 0 saturated heterocycles. The molecule has 1 amide bonds. The first-order valence-corrected chi connectivity index (χ1v) is 9.68. The number of anilines is 1. The van der Waals surface area contributed by atoms with Crippen LogP contribution in [0.4, 0.5) is 18.9 Å². The maximum absolute atomic E-state index is 13.7. The van der Waals surface area contributed by atoms with Crippen LogP contribution in [0.15, 0.2) is 54.7 Å². The molecule has 0 radical (unpaired) electrons. The molecule has 5 nitrogen and oxygen atoms in total. The smallest absolute Gasteiger partial charge is 0.322 e. The SMILES string of the molecule is Cc1ccc(-c2cc(C(F)(F)F)n3ncc(C(=O)Nc4ccc(Cl)c(Cl)c4)c3n2)cc1. The van der Waals surface area contributed by atoms with Crippen molar-refractivity contribution in [2.75, 3.05) is 5.32 Å². The number of hydrogen-bond acceptors (Lipinski definition) is 3. The van der Waals surface area contributed by atoms with Crippen molar-refractivity contribution < 1.29 is 18.0 Å². The summed E-state index contributed by atoms with van der Waals surface area (Å²) in [5, 5.41) is 6.85. The Morgan fingerprint density at radius 1 is 1.03 bits per heavy atom. The number of rotatable bonds is 3. The lowest BCUT2D eigenvalue weighted by atomic mass is 10.1. The first kappa shape index (κ1) is 21.1. The standard InChI is InChI=1S/C21H13Cl2F3N4O/c1-11-2-4-12(5-3-11)17-9-18(21(24,25)26)30-19(29-17)14(10-27-30)20(31)28-13-6-7-15(22)16(23)8-13/h2-10H,1H3,(H,28,31). The van der Waals surface area contributed by atoms with Crippen molar-refractivity contribution in [3.05, 3.63) is 81.6 Å². The number of fused-ring (bicyclic) bond motifs is 1. The van der Waals surface area contributed by atoms with Gasteiger partial charge in [-0.15, -0.1) is 0 Å². The van der Waals surface area contributed by atoms with E-state index in [0.29, 0.717) is 20.8 Å². The van der Waals surface area contributed by atoms with Gasteiger partial charge in [-0.2, -0.15) is 18.3 Å². The highest BCUT2D eigenvalue weighted by molar-refractivity contribution is 6.42. The molecule has 31 heavy (non-hydrogen) atoms. The lowest BCUT2D eigenvalue weighted by Crippen LogP contribution is -2.15. The van der Waals surface area contributed by atoms with E-state index >= 15 is 0 Å². The summed E-state index contributed by atoms with van der Waals surface area (Å²) in [5.41, 5.74) is 0.450. The zero-order valence-corrected chi connectivity index (χ0v) is 17.3. The van der Waals surface area contributed by atoms with Crippen LogP contribution in [-0.2, 0) is 6.18 Å². The van der Waals surface area contributed by atoms with Gasteiger partial charge in [0.15, 0.2) is 11.3 Å². The van der Waals surface area contributed by atoms with Crippen molar-refractivity contribution in [3.63, 3.8) is 0 Å². The number of carbonyl (C=O) groups excluding carboxylic acids is 1. The highest BCUT2D eigenvalue weighted by atomic mass is 35.5. The molecule has 4 rings (SSSR count). The molecule has 158 valence electrons. The van der Waals surface area contributed by atoms with Gasteiger partial charge in [0, 0.05) is 11.3 Å². The third kappa shape index (κ3) is 4.22. The van der Waals surface area contributed by atoms with E-state index in [2.05, 4.69) is 15.4 Å². The molecule has 2 aromatic carbocycles. The van der Waals surface area contributed by atoms with Gasteiger partial charge in [0.25, 0.3) is 5.91 Å². The Labute approximate surface area is 184 Å². The lowest BCUT2D eigenvalue weighted by molar-refractivity contribution is -0.142. The van der Waals surface area contributed by atoms with Crippen LogP contribution >= 0.6 is 23.2 Å². The minimum Gasteiger partial charge on any atom is -0.322 e. The molecule has 2 aromatic heterocycles. The molecule has 0 aliphatic carbocycles. The van der Waals surface area contributed by atoms with Crippen molar-refractivity contribution in [3.8, 4) is 11.3 Å². The van der Waals surface area contributed by atoms with E-state index in [1.807, 2.05) is 6.92 Å². The van der Waals surface area contributed by atoms with Crippen LogP contribution in [0.3, 0.4) is 0 Å². The quantitative estimate of drug-likeness (QED) is 0.387. The summed E-state index contributed by atoms with van der Waals surface area (Å²) in [6, 6.07) is 12.2. The van der Waals surface area contributed by atoms with Gasteiger partial charge < -0.3 is 5.32 Å². The molecule has 10 heteroatoms. The highest BCUT2D eigenvalue weighted by Gasteiger charge is 2.36. The Balaban J connectivity index is 1.82. The molecular formula is C21H13Cl2F3N4O. The second kappa shape index (κ2) is 7.86. The molecule has 0 aliphatic heterocycles. The average Bonchev–Trinajstić information content (AvgIpc) is 3.14. The van der Waals surface area contributed by atoms with Crippen LogP contribution in [0.2, 0.25) is 10.0 Å². The predicted octanol–water partition coefficient (Wildman–Crippen LogP) is 6.28. The van der Waals surface area contributed by atoms with E-state index in [9.17, 15) is 18.0 Å². The van der Waals surface area contributed by atoms with E-state index in [4.69, 9.17) is 23.2 Å². The van der Waals surface area contributed by atoms with Gasteiger partial charge in [0.2, 0.25) is 0 Å². The normalized spacial score (nSPS) is 11.7. The first-order chi connectivity index (χ1) is 14.6. The molecule has 2 heterocycles. The van der Waals surface area contributed by atoms with E-state index in [1.165, 1.54) is 18.2 Å². The van der Waals surface area contributed by atoms with Crippen LogP contribution in [0.1, 0.15) is 21.6 Å². The van der Waals surface area contributed by atoms with Crippen molar-refractivity contribution >= 4 is 40.4 Å². The van der Waals surface area contributed by atoms with Crippen LogP contribution in [0.25, 0.3) is 16.9 Å². The van der Waals surface area contributed by atoms with E-state index in [0.717, 1.165) is 17.8 Å². The summed E-state index contributed by atoms with van der Waals surface area (Å²) in [5.74, 6) is -0.685. The summed E-state index contributed by atoms with van der Waals surface area (Å²) < 4.78 is 41.7. The molecular weight excluding hydrogens is 452 g/mol. The number of amides is 1. The summed E-state index contributed by atoms with van der Waals surface area (Å²) in [7, 11) is 0. The summed E-state index contributed by atoms with van der Waals surface area (Å²) in [4.78, 5) is 17.1. The Kier molecular flexibility index (Phi) is 5.36. The fourth-order valence-electron chi connectivity index (χ4n) is 2.97. The van der Waals surface area contributed by atoms with Crippen molar-refractivity contribution in [2.45, 2.75) is 13.1 Å². The summed E-state index contributed by atoms with van der Waals surface area (Å²) in [6.07, 6.45) is -3.66. The van der Waals surface area contributed by atoms with Gasteiger partial charge in [-0.25, -0.2) is 9.50 Å². The molecule has 0 bridgehead atoms. The van der Waals surface area contributed by atoms with E-state index in [-0.39, 0.29) is 21.9 Å². The average molecular weight is 465 g/mol. The minimum atomic E-state index is -4.70. The van der Waals surface area contributed by atoms with Crippen molar-refractivity contribution in [2.24, 2.45) is 0 Å². The van der Waals surface area contributed by atoms with Crippen molar-refractivity contribution in [1.82, 2.24) is 14.6 Å². The number of alkyl halides is 3. The number of halogens is 5. The number of aromatic nitrogens is 3. The van der Waals surface area contributed by atoms with Gasteiger partial charge >= 0.3 is 6.18 Å². The predicted molar refractivity (Wildman–Crippen MR) is 113 cm³/mol. The van der Waals surface area contributed by atoms with Gasteiger partial charge in [-0.05, 0) is 31.2 Å². The van der Waals surface area contributed by atoms with Crippen LogP contribution in [0, 0.1) is 6.92 Å². The first-order valence-electron chi connectivity index (χ1n) is 8.93. The van der Waals surface area contributed by atoms with E-state index in [1.54, 1.807) is 24.3 Å². The molecule has 0 atom stereocenters. The Bertz CT molecular complexity index is 1300. The van der Waals surface area contributed by atoms with Gasteiger partial charge in [0.1, 0.15) is 5.56 Å². The van der Waals surface area contributed by atoms with Gasteiger partial charge in [-0.3, -0.25) is 4.79 Å². The molecule has 0 spiro atoms. The number of carbonyl (C=O) groups is 1. The van der Waals surface area contributed by atoms with Crippen LogP contribution in [0.5, 0.6) is 0 Å². The van der Waals surface area contributed by atoms with E-state index < -0.39 is 17.8 Å². The van der Waals surface area contributed by atoms with Crippen LogP contribution < -0.4 is 5.32 Å². The highest BCUT2D eigenvalue weighted by Crippen LogP contribution is 2.33. The van der Waals surface area contributed by atoms with Crippen LogP contribution in [-0.4, -0.2) is 20.5 Å². The topological polar surface area (TPSA) is 59.3 Å². The lowest BCUT2D eigenvalue weighted by Gasteiger charge is -2.12. The van der Waals surface area contributed by atoms with Crippen molar-refractivity contribution in [1.29, 1.82) is 0 Å². The largest absolute Gasteiger partial charge is 0.433 e. The molecule has 0 unspecified atom stereocenters. The third-order valence-electron chi connectivity index (χ3n) is 4.53. The maximum Gasteiger partial charge on any atom is 0.433 e. The number of benzene rings is 2. The second-order valence-electron chi connectivity index (χ2n) is 6.77. The number of hydrogen-bond donors (Lipinski definition) is 1. The molecule has 4 aromatic rings. The fraction of sp³-hybridized carbons (Fsp3) is 0.0952.